The molecule has 24 heavy (non-hydrogen) atoms. The van der Waals surface area contributed by atoms with Crippen LogP contribution in [-0.4, -0.2) is 17.5 Å². The molecule has 2 aromatic heterocycles. The lowest BCUT2D eigenvalue weighted by atomic mass is 10.1. The third-order valence-corrected chi connectivity index (χ3v) is 4.58. The number of aromatic nitrogens is 1. The molecule has 1 aromatic carbocycles. The number of carbonyl (C=O) groups excluding carboxylic acids is 1. The third-order valence-electron chi connectivity index (χ3n) is 3.70. The molecule has 0 saturated carbocycles. The maximum Gasteiger partial charge on any atom is 0.224 e. The van der Waals surface area contributed by atoms with Crippen molar-refractivity contribution >= 4 is 33.1 Å². The molecule has 0 unspecified atom stereocenters. The minimum atomic E-state index is 0.00587. The van der Waals surface area contributed by atoms with Gasteiger partial charge in [-0.2, -0.15) is 0 Å². The van der Waals surface area contributed by atoms with Crippen molar-refractivity contribution in [2.45, 2.75) is 26.7 Å². The third kappa shape index (κ3) is 3.92. The van der Waals surface area contributed by atoms with Crippen LogP contribution in [-0.2, 0) is 4.79 Å². The summed E-state index contributed by atoms with van der Waals surface area (Å²) in [5, 5.41) is 6.00. The van der Waals surface area contributed by atoms with Crippen molar-refractivity contribution in [3.63, 3.8) is 0 Å². The second kappa shape index (κ2) is 7.45. The Morgan fingerprint density at radius 3 is 2.83 bits per heavy atom. The van der Waals surface area contributed by atoms with Gasteiger partial charge in [0.1, 0.15) is 10.6 Å². The Hall–Kier alpha value is -2.40. The van der Waals surface area contributed by atoms with E-state index in [1.807, 2.05) is 55.6 Å². The molecular formula is C19H20N2O2S. The number of nitrogens with zero attached hydrogens (tertiary/aromatic N) is 1. The van der Waals surface area contributed by atoms with Gasteiger partial charge in [-0.15, -0.1) is 11.3 Å². The van der Waals surface area contributed by atoms with Crippen LogP contribution in [0.4, 0.5) is 5.69 Å². The monoisotopic (exact) mass is 340 g/mol. The number of pyridine rings is 1. The van der Waals surface area contributed by atoms with E-state index >= 15 is 0 Å². The number of anilines is 1. The number of amides is 1. The molecule has 0 spiro atoms. The van der Waals surface area contributed by atoms with Crippen molar-refractivity contribution in [2.75, 3.05) is 11.9 Å². The Labute approximate surface area is 145 Å². The lowest BCUT2D eigenvalue weighted by Crippen LogP contribution is -2.12. The van der Waals surface area contributed by atoms with Gasteiger partial charge in [-0.3, -0.25) is 4.79 Å². The number of fused-ring (bicyclic) bond motifs is 1. The van der Waals surface area contributed by atoms with Gasteiger partial charge < -0.3 is 10.1 Å². The van der Waals surface area contributed by atoms with E-state index in [1.54, 1.807) is 11.3 Å². The number of thiophene rings is 1. The van der Waals surface area contributed by atoms with Crippen LogP contribution in [0, 0.1) is 13.8 Å². The summed E-state index contributed by atoms with van der Waals surface area (Å²) in [5.41, 5.74) is 2.99. The number of rotatable bonds is 6. The van der Waals surface area contributed by atoms with E-state index in [1.165, 1.54) is 0 Å². The zero-order valence-corrected chi connectivity index (χ0v) is 14.7. The Morgan fingerprint density at radius 1 is 1.25 bits per heavy atom. The smallest absolute Gasteiger partial charge is 0.224 e. The average Bonchev–Trinajstić information content (AvgIpc) is 2.95. The Balaban J connectivity index is 1.54. The molecule has 4 nitrogen and oxygen atoms in total. The van der Waals surface area contributed by atoms with Gasteiger partial charge in [0.25, 0.3) is 0 Å². The quantitative estimate of drug-likeness (QED) is 0.661. The summed E-state index contributed by atoms with van der Waals surface area (Å²) in [4.78, 5) is 17.6. The van der Waals surface area contributed by atoms with Gasteiger partial charge in [0.05, 0.1) is 12.3 Å². The Bertz CT molecular complexity index is 843. The summed E-state index contributed by atoms with van der Waals surface area (Å²) in [5.74, 6) is 0.838. The van der Waals surface area contributed by atoms with Crippen molar-refractivity contribution in [3.05, 3.63) is 53.0 Å². The molecule has 0 aliphatic heterocycles. The molecule has 3 aromatic rings. The van der Waals surface area contributed by atoms with Gasteiger partial charge >= 0.3 is 0 Å². The molecule has 2 heterocycles. The lowest BCUT2D eigenvalue weighted by molar-refractivity contribution is -0.116. The van der Waals surface area contributed by atoms with Gasteiger partial charge in [0.15, 0.2) is 0 Å². The van der Waals surface area contributed by atoms with Crippen LogP contribution in [0.2, 0.25) is 0 Å². The largest absolute Gasteiger partial charge is 0.494 e. The average molecular weight is 340 g/mol. The molecule has 0 aliphatic carbocycles. The number of benzene rings is 1. The number of hydrogen-bond acceptors (Lipinski definition) is 4. The van der Waals surface area contributed by atoms with Crippen LogP contribution >= 0.6 is 11.3 Å². The Morgan fingerprint density at radius 2 is 2.04 bits per heavy atom. The highest BCUT2D eigenvalue weighted by Gasteiger charge is 2.11. The molecule has 0 atom stereocenters. The molecule has 0 bridgehead atoms. The van der Waals surface area contributed by atoms with Crippen LogP contribution in [0.25, 0.3) is 10.2 Å². The molecule has 1 N–H and O–H groups in total. The fraction of sp³-hybridized carbons (Fsp3) is 0.263. The molecule has 5 heteroatoms. The topological polar surface area (TPSA) is 51.2 Å². The van der Waals surface area contributed by atoms with Crippen molar-refractivity contribution in [3.8, 4) is 5.75 Å². The second-order valence-electron chi connectivity index (χ2n) is 5.72. The predicted octanol–water partition coefficient (Wildman–Crippen LogP) is 4.71. The first-order valence-corrected chi connectivity index (χ1v) is 8.84. The number of hydrogen-bond donors (Lipinski definition) is 1. The summed E-state index contributed by atoms with van der Waals surface area (Å²) >= 11 is 1.56. The predicted molar refractivity (Wildman–Crippen MR) is 98.9 cm³/mol. The Kier molecular flexibility index (Phi) is 5.11. The highest BCUT2D eigenvalue weighted by molar-refractivity contribution is 7.17. The summed E-state index contributed by atoms with van der Waals surface area (Å²) in [6.45, 7) is 4.56. The van der Waals surface area contributed by atoms with E-state index in [-0.39, 0.29) is 5.91 Å². The summed E-state index contributed by atoms with van der Waals surface area (Å²) in [6.07, 6.45) is 1.11. The van der Waals surface area contributed by atoms with Crippen LogP contribution in [0.15, 0.2) is 41.8 Å². The first-order chi connectivity index (χ1) is 11.6. The summed E-state index contributed by atoms with van der Waals surface area (Å²) < 4.78 is 5.61. The highest BCUT2D eigenvalue weighted by Crippen LogP contribution is 2.32. The molecule has 0 saturated heterocycles. The first-order valence-electron chi connectivity index (χ1n) is 7.96. The number of para-hydroxylation sites is 1. The number of carbonyl (C=O) groups is 1. The molecular weight excluding hydrogens is 320 g/mol. The second-order valence-corrected chi connectivity index (χ2v) is 6.58. The minimum absolute atomic E-state index is 0.00587. The van der Waals surface area contributed by atoms with Crippen LogP contribution in [0.5, 0.6) is 5.75 Å². The van der Waals surface area contributed by atoms with Crippen molar-refractivity contribution in [1.29, 1.82) is 0 Å². The zero-order chi connectivity index (χ0) is 16.9. The van der Waals surface area contributed by atoms with E-state index in [4.69, 9.17) is 4.74 Å². The van der Waals surface area contributed by atoms with E-state index in [0.717, 1.165) is 32.9 Å². The highest BCUT2D eigenvalue weighted by atomic mass is 32.1. The van der Waals surface area contributed by atoms with Gasteiger partial charge in [-0.05, 0) is 44.0 Å². The number of ether oxygens (including phenoxy) is 1. The van der Waals surface area contributed by atoms with E-state index < -0.39 is 0 Å². The molecule has 3 rings (SSSR count). The molecule has 0 aliphatic rings. The van der Waals surface area contributed by atoms with Crippen molar-refractivity contribution < 1.29 is 9.53 Å². The first kappa shape index (κ1) is 16.5. The van der Waals surface area contributed by atoms with Gasteiger partial charge in [-0.1, -0.05) is 18.2 Å². The van der Waals surface area contributed by atoms with Crippen molar-refractivity contribution in [1.82, 2.24) is 4.98 Å². The normalized spacial score (nSPS) is 10.8. The maximum atomic E-state index is 12.2. The molecule has 0 fully saturated rings. The van der Waals surface area contributed by atoms with E-state index in [0.29, 0.717) is 19.4 Å². The lowest BCUT2D eigenvalue weighted by Gasteiger charge is -2.07. The minimum Gasteiger partial charge on any atom is -0.494 e. The van der Waals surface area contributed by atoms with E-state index in [2.05, 4.69) is 10.3 Å². The number of aryl methyl sites for hydroxylation is 2. The summed E-state index contributed by atoms with van der Waals surface area (Å²) in [7, 11) is 0. The van der Waals surface area contributed by atoms with Crippen LogP contribution in [0.1, 0.15) is 24.1 Å². The van der Waals surface area contributed by atoms with Gasteiger partial charge in [0.2, 0.25) is 5.91 Å². The standard InChI is InChI=1S/C19H20N2O2S/c1-13-11-14(2)20-19-18(13)16(12-24-19)21-17(22)9-6-10-23-15-7-4-3-5-8-15/h3-5,7-8,11-12H,6,9-10H2,1-2H3,(H,21,22). The zero-order valence-electron chi connectivity index (χ0n) is 13.8. The molecule has 0 radical (unpaired) electrons. The fourth-order valence-corrected chi connectivity index (χ4v) is 3.62. The van der Waals surface area contributed by atoms with Crippen LogP contribution < -0.4 is 10.1 Å². The SMILES string of the molecule is Cc1cc(C)c2c(NC(=O)CCCOc3ccccc3)csc2n1. The van der Waals surface area contributed by atoms with Crippen LogP contribution in [0.3, 0.4) is 0 Å². The van der Waals surface area contributed by atoms with Gasteiger partial charge in [0, 0.05) is 22.9 Å². The molecule has 1 amide bonds. The van der Waals surface area contributed by atoms with E-state index in [9.17, 15) is 4.79 Å². The summed E-state index contributed by atoms with van der Waals surface area (Å²) in [6, 6.07) is 11.7. The number of nitrogens with one attached hydrogen (secondary N) is 1. The maximum absolute atomic E-state index is 12.2. The fourth-order valence-electron chi connectivity index (χ4n) is 2.63. The molecule has 124 valence electrons. The van der Waals surface area contributed by atoms with Crippen molar-refractivity contribution in [2.24, 2.45) is 0 Å². The van der Waals surface area contributed by atoms with Gasteiger partial charge in [-0.25, -0.2) is 4.98 Å².